The molecular formula is C22H16FN3O2. The number of benzene rings is 2. The quantitative estimate of drug-likeness (QED) is 0.546. The first-order valence-corrected chi connectivity index (χ1v) is 8.73. The molecule has 3 N–H and O–H groups in total. The van der Waals surface area contributed by atoms with Crippen molar-refractivity contribution in [2.45, 2.75) is 0 Å². The maximum Gasteiger partial charge on any atom is 0.207 e. The molecule has 0 saturated heterocycles. The number of nitrogens with two attached hydrogens (primary N) is 1. The molecule has 6 heteroatoms. The molecule has 0 saturated carbocycles. The number of anilines is 1. The predicted octanol–water partition coefficient (Wildman–Crippen LogP) is 4.70. The second-order valence-electron chi connectivity index (χ2n) is 6.61. The van der Waals surface area contributed by atoms with Crippen molar-refractivity contribution in [1.29, 1.82) is 0 Å². The Hall–Kier alpha value is -3.80. The Kier molecular flexibility index (Phi) is 3.42. The van der Waals surface area contributed by atoms with Crippen molar-refractivity contribution in [3.05, 3.63) is 66.6 Å². The van der Waals surface area contributed by atoms with Crippen LogP contribution in [0.5, 0.6) is 11.6 Å². The molecule has 0 bridgehead atoms. The zero-order chi connectivity index (χ0) is 19.4. The summed E-state index contributed by atoms with van der Waals surface area (Å²) in [5.74, 6) is 0.222. The summed E-state index contributed by atoms with van der Waals surface area (Å²) in [7, 11) is 1.54. The molecule has 0 spiro atoms. The van der Waals surface area contributed by atoms with Gasteiger partial charge in [0.15, 0.2) is 0 Å². The van der Waals surface area contributed by atoms with Gasteiger partial charge in [0, 0.05) is 28.4 Å². The fourth-order valence-electron chi connectivity index (χ4n) is 3.61. The Morgan fingerprint density at radius 3 is 2.71 bits per heavy atom. The Balaban J connectivity index is 1.85. The van der Waals surface area contributed by atoms with E-state index in [-0.39, 0.29) is 11.7 Å². The summed E-state index contributed by atoms with van der Waals surface area (Å²) in [6.07, 6.45) is 7.41. The maximum atomic E-state index is 13.9. The summed E-state index contributed by atoms with van der Waals surface area (Å²) in [6, 6.07) is 9.88. The van der Waals surface area contributed by atoms with E-state index in [2.05, 4.69) is 0 Å². The van der Waals surface area contributed by atoms with Gasteiger partial charge in [-0.15, -0.1) is 0 Å². The lowest BCUT2D eigenvalue weighted by Gasteiger charge is -2.12. The maximum absolute atomic E-state index is 13.9. The van der Waals surface area contributed by atoms with E-state index in [1.807, 2.05) is 36.4 Å². The number of aromatic hydroxyl groups is 1. The summed E-state index contributed by atoms with van der Waals surface area (Å²) < 4.78 is 21.0. The molecule has 0 unspecified atom stereocenters. The number of hydrogen-bond donors (Lipinski definition) is 2. The molecule has 5 nitrogen and oxygen atoms in total. The molecule has 0 amide bonds. The third kappa shape index (κ3) is 2.21. The Morgan fingerprint density at radius 2 is 2.00 bits per heavy atom. The summed E-state index contributed by atoms with van der Waals surface area (Å²) in [6.45, 7) is 0. The van der Waals surface area contributed by atoms with Gasteiger partial charge in [-0.2, -0.15) is 0 Å². The van der Waals surface area contributed by atoms with Crippen LogP contribution in [0.25, 0.3) is 38.6 Å². The predicted molar refractivity (Wildman–Crippen MR) is 109 cm³/mol. The van der Waals surface area contributed by atoms with E-state index >= 15 is 0 Å². The van der Waals surface area contributed by atoms with Gasteiger partial charge in [0.25, 0.3) is 0 Å². The molecule has 5 rings (SSSR count). The van der Waals surface area contributed by atoms with E-state index in [0.717, 1.165) is 5.70 Å². The minimum Gasteiger partial charge on any atom is -0.496 e. The van der Waals surface area contributed by atoms with Gasteiger partial charge in [-0.05, 0) is 30.4 Å². The molecule has 2 aromatic heterocycles. The topological polar surface area (TPSA) is 73.3 Å². The number of ether oxygens (including phenoxy) is 1. The Bertz CT molecular complexity index is 1340. The standard InChI is InChI=1S/C22H16FN3O2/c1-28-18-9-8-12(23)10-16(18)14-6-3-7-15-20(24)19-17(25-21(14)15)11-26(22(19)27)13-4-2-5-13/h2-11,27H,24H2,1H3. The van der Waals surface area contributed by atoms with Gasteiger partial charge in [-0.3, -0.25) is 4.57 Å². The highest BCUT2D eigenvalue weighted by Gasteiger charge is 2.20. The van der Waals surface area contributed by atoms with E-state index in [0.29, 0.717) is 44.4 Å². The van der Waals surface area contributed by atoms with Crippen molar-refractivity contribution in [3.8, 4) is 22.8 Å². The van der Waals surface area contributed by atoms with Crippen LogP contribution in [0.3, 0.4) is 0 Å². The average molecular weight is 373 g/mol. The van der Waals surface area contributed by atoms with Crippen molar-refractivity contribution in [1.82, 2.24) is 9.55 Å². The van der Waals surface area contributed by atoms with Gasteiger partial charge in [0.1, 0.15) is 11.6 Å². The van der Waals surface area contributed by atoms with Gasteiger partial charge in [0.05, 0.1) is 29.2 Å². The van der Waals surface area contributed by atoms with Gasteiger partial charge in [0.2, 0.25) is 5.88 Å². The number of halogens is 1. The fourth-order valence-corrected chi connectivity index (χ4v) is 3.61. The van der Waals surface area contributed by atoms with E-state index in [4.69, 9.17) is 15.5 Å². The lowest BCUT2D eigenvalue weighted by atomic mass is 9.99. The first kappa shape index (κ1) is 16.4. The average Bonchev–Trinajstić information content (AvgIpc) is 2.96. The number of methoxy groups -OCH3 is 1. The van der Waals surface area contributed by atoms with Gasteiger partial charge >= 0.3 is 0 Å². The van der Waals surface area contributed by atoms with Crippen molar-refractivity contribution in [2.24, 2.45) is 0 Å². The third-order valence-corrected chi connectivity index (χ3v) is 5.05. The normalized spacial score (nSPS) is 13.0. The largest absolute Gasteiger partial charge is 0.496 e. The minimum absolute atomic E-state index is 0.0474. The first-order valence-electron chi connectivity index (χ1n) is 8.73. The van der Waals surface area contributed by atoms with Crippen LogP contribution < -0.4 is 10.5 Å². The molecule has 0 aliphatic heterocycles. The first-order chi connectivity index (χ1) is 13.6. The summed E-state index contributed by atoms with van der Waals surface area (Å²) in [5.41, 5.74) is 10.2. The van der Waals surface area contributed by atoms with Crippen LogP contribution in [0.15, 0.2) is 60.8 Å². The van der Waals surface area contributed by atoms with E-state index < -0.39 is 0 Å². The van der Waals surface area contributed by atoms with Crippen LogP contribution >= 0.6 is 0 Å². The number of allylic oxidation sites excluding steroid dienone is 4. The lowest BCUT2D eigenvalue weighted by Crippen LogP contribution is -1.95. The van der Waals surface area contributed by atoms with Crippen molar-refractivity contribution in [2.75, 3.05) is 12.8 Å². The minimum atomic E-state index is -0.366. The van der Waals surface area contributed by atoms with E-state index in [9.17, 15) is 9.50 Å². The summed E-state index contributed by atoms with van der Waals surface area (Å²) in [5, 5.41) is 11.8. The molecule has 2 heterocycles. The molecule has 1 aliphatic rings. The molecule has 0 atom stereocenters. The van der Waals surface area contributed by atoms with Crippen LogP contribution in [0.1, 0.15) is 0 Å². The van der Waals surface area contributed by atoms with Crippen molar-refractivity contribution in [3.63, 3.8) is 0 Å². The number of hydrogen-bond acceptors (Lipinski definition) is 4. The Morgan fingerprint density at radius 1 is 1.18 bits per heavy atom. The highest BCUT2D eigenvalue weighted by atomic mass is 19.1. The molecule has 1 aliphatic carbocycles. The van der Waals surface area contributed by atoms with E-state index in [1.165, 1.54) is 12.1 Å². The highest BCUT2D eigenvalue weighted by molar-refractivity contribution is 6.12. The van der Waals surface area contributed by atoms with Crippen molar-refractivity contribution < 1.29 is 14.2 Å². The number of rotatable bonds is 3. The van der Waals surface area contributed by atoms with Crippen LogP contribution in [-0.4, -0.2) is 21.8 Å². The molecule has 4 aromatic rings. The number of pyridine rings is 1. The molecular weight excluding hydrogens is 357 g/mol. The lowest BCUT2D eigenvalue weighted by molar-refractivity contribution is 0.415. The number of aromatic nitrogens is 2. The SMILES string of the molecule is COc1ccc(F)cc1-c1cccc2c(N)c3c(O)n(C4=CC=C4)cc3nc12. The van der Waals surface area contributed by atoms with Crippen LogP contribution in [0.4, 0.5) is 10.1 Å². The van der Waals surface area contributed by atoms with Crippen LogP contribution in [-0.2, 0) is 0 Å². The summed E-state index contributed by atoms with van der Waals surface area (Å²) in [4.78, 5) is 4.75. The number of nitrogen functional groups attached to an aromatic ring is 1. The summed E-state index contributed by atoms with van der Waals surface area (Å²) >= 11 is 0. The van der Waals surface area contributed by atoms with Gasteiger partial charge in [-0.25, -0.2) is 9.37 Å². The highest BCUT2D eigenvalue weighted by Crippen LogP contribution is 2.42. The van der Waals surface area contributed by atoms with Crippen molar-refractivity contribution >= 4 is 33.2 Å². The molecule has 138 valence electrons. The van der Waals surface area contributed by atoms with E-state index in [1.54, 1.807) is 23.9 Å². The molecule has 2 aromatic carbocycles. The van der Waals surface area contributed by atoms with Crippen LogP contribution in [0.2, 0.25) is 0 Å². The zero-order valence-electron chi connectivity index (χ0n) is 15.0. The molecule has 0 fully saturated rings. The fraction of sp³-hybridized carbons (Fsp3) is 0.0455. The third-order valence-electron chi connectivity index (χ3n) is 5.05. The number of fused-ring (bicyclic) bond motifs is 2. The second kappa shape index (κ2) is 5.85. The second-order valence-corrected chi connectivity index (χ2v) is 6.61. The Labute approximate surface area is 159 Å². The smallest absolute Gasteiger partial charge is 0.207 e. The van der Waals surface area contributed by atoms with Gasteiger partial charge < -0.3 is 15.6 Å². The number of nitrogens with zero attached hydrogens (tertiary/aromatic N) is 2. The zero-order valence-corrected chi connectivity index (χ0v) is 15.0. The molecule has 0 radical (unpaired) electrons. The monoisotopic (exact) mass is 373 g/mol. The number of para-hydroxylation sites is 1. The van der Waals surface area contributed by atoms with Gasteiger partial charge in [-0.1, -0.05) is 24.3 Å². The molecule has 28 heavy (non-hydrogen) atoms. The van der Waals surface area contributed by atoms with Crippen LogP contribution in [0, 0.1) is 5.82 Å².